The molecule has 1 aromatic rings. The molecule has 25 heavy (non-hydrogen) atoms. The van der Waals surface area contributed by atoms with E-state index in [1.165, 1.54) is 11.1 Å². The molecule has 0 atom stereocenters. The Balaban J connectivity index is 2.18. The lowest BCUT2D eigenvalue weighted by Gasteiger charge is -2.25. The van der Waals surface area contributed by atoms with Crippen LogP contribution >= 0.6 is 15.9 Å². The van der Waals surface area contributed by atoms with Gasteiger partial charge in [0.15, 0.2) is 0 Å². The summed E-state index contributed by atoms with van der Waals surface area (Å²) in [5.41, 5.74) is 3.78. The van der Waals surface area contributed by atoms with Gasteiger partial charge in [-0.3, -0.25) is 4.79 Å². The van der Waals surface area contributed by atoms with Gasteiger partial charge in [0.05, 0.1) is 5.69 Å². The molecule has 0 saturated heterocycles. The van der Waals surface area contributed by atoms with E-state index >= 15 is 0 Å². The van der Waals surface area contributed by atoms with Crippen LogP contribution in [0.3, 0.4) is 0 Å². The summed E-state index contributed by atoms with van der Waals surface area (Å²) in [4.78, 5) is 12.9. The highest BCUT2D eigenvalue weighted by Gasteiger charge is 2.35. The number of fused-ring (bicyclic) bond motifs is 1. The van der Waals surface area contributed by atoms with E-state index in [1.54, 1.807) is 0 Å². The van der Waals surface area contributed by atoms with E-state index < -0.39 is 0 Å². The van der Waals surface area contributed by atoms with E-state index in [2.05, 4.69) is 48.1 Å². The van der Waals surface area contributed by atoms with Crippen molar-refractivity contribution < 1.29 is 9.53 Å². The van der Waals surface area contributed by atoms with Crippen LogP contribution in [0.2, 0.25) is 0 Å². The summed E-state index contributed by atoms with van der Waals surface area (Å²) in [5, 5.41) is 4.21. The van der Waals surface area contributed by atoms with Gasteiger partial charge in [-0.25, -0.2) is 0 Å². The SMILES string of the molecule is Cc1cc(C)c(NC(=O)C(C)(C)CCCCCBr)c2c1CC(C)(C)O2. The predicted octanol–water partition coefficient (Wildman–Crippen LogP) is 5.94. The molecule has 0 aliphatic carbocycles. The Morgan fingerprint density at radius 1 is 1.24 bits per heavy atom. The maximum Gasteiger partial charge on any atom is 0.230 e. The molecule has 4 heteroatoms. The van der Waals surface area contributed by atoms with Crippen molar-refractivity contribution in [2.24, 2.45) is 5.41 Å². The van der Waals surface area contributed by atoms with Crippen molar-refractivity contribution in [3.8, 4) is 5.75 Å². The van der Waals surface area contributed by atoms with E-state index in [4.69, 9.17) is 4.74 Å². The molecule has 2 rings (SSSR count). The van der Waals surface area contributed by atoms with Crippen molar-refractivity contribution in [2.45, 2.75) is 79.2 Å². The maximum atomic E-state index is 12.9. The van der Waals surface area contributed by atoms with Gasteiger partial charge in [0.2, 0.25) is 5.91 Å². The molecule has 1 aromatic carbocycles. The number of halogens is 1. The topological polar surface area (TPSA) is 38.3 Å². The molecule has 0 unspecified atom stereocenters. The first-order chi connectivity index (χ1) is 11.6. The minimum Gasteiger partial charge on any atom is -0.485 e. The van der Waals surface area contributed by atoms with Crippen LogP contribution in [0.25, 0.3) is 0 Å². The van der Waals surface area contributed by atoms with Crippen LogP contribution in [0.4, 0.5) is 5.69 Å². The van der Waals surface area contributed by atoms with Crippen LogP contribution in [-0.4, -0.2) is 16.8 Å². The molecule has 0 spiro atoms. The molecule has 1 aliphatic rings. The number of hydrogen-bond acceptors (Lipinski definition) is 2. The van der Waals surface area contributed by atoms with Gasteiger partial charge in [-0.15, -0.1) is 0 Å². The number of aryl methyl sites for hydroxylation is 2. The highest BCUT2D eigenvalue weighted by Crippen LogP contribution is 2.44. The molecule has 0 fully saturated rings. The number of rotatable bonds is 7. The van der Waals surface area contributed by atoms with Gasteiger partial charge in [0, 0.05) is 22.7 Å². The summed E-state index contributed by atoms with van der Waals surface area (Å²) >= 11 is 3.46. The van der Waals surface area contributed by atoms with Crippen molar-refractivity contribution >= 4 is 27.5 Å². The third-order valence-electron chi connectivity index (χ3n) is 5.07. The Kier molecular flexibility index (Phi) is 6.24. The van der Waals surface area contributed by atoms with Crippen LogP contribution < -0.4 is 10.1 Å². The monoisotopic (exact) mass is 409 g/mol. The first kappa shape index (κ1) is 20.3. The number of benzene rings is 1. The van der Waals surface area contributed by atoms with Crippen molar-refractivity contribution in [3.05, 3.63) is 22.8 Å². The number of hydrogen-bond donors (Lipinski definition) is 1. The zero-order chi connectivity index (χ0) is 18.8. The third-order valence-corrected chi connectivity index (χ3v) is 5.63. The summed E-state index contributed by atoms with van der Waals surface area (Å²) in [7, 11) is 0. The van der Waals surface area contributed by atoms with Gasteiger partial charge >= 0.3 is 0 Å². The first-order valence-corrected chi connectivity index (χ1v) is 10.4. The quantitative estimate of drug-likeness (QED) is 0.447. The Bertz CT molecular complexity index is 650. The number of unbranched alkanes of at least 4 members (excludes halogenated alkanes) is 2. The van der Waals surface area contributed by atoms with Crippen LogP contribution in [-0.2, 0) is 11.2 Å². The molecule has 0 saturated carbocycles. The molecule has 1 heterocycles. The second kappa shape index (κ2) is 7.69. The first-order valence-electron chi connectivity index (χ1n) is 9.27. The van der Waals surface area contributed by atoms with E-state index in [0.29, 0.717) is 0 Å². The van der Waals surface area contributed by atoms with E-state index in [1.807, 2.05) is 20.8 Å². The standard InChI is InChI=1S/C21H32BrNO2/c1-14-12-15(2)17(18-16(14)13-21(5,6)25-18)23-19(24)20(3,4)10-8-7-9-11-22/h12H,7-11,13H2,1-6H3,(H,23,24). The molecule has 0 radical (unpaired) electrons. The normalized spacial score (nSPS) is 15.6. The average Bonchev–Trinajstić information content (AvgIpc) is 2.83. The number of alkyl halides is 1. The van der Waals surface area contributed by atoms with Crippen molar-refractivity contribution in [1.82, 2.24) is 0 Å². The van der Waals surface area contributed by atoms with Crippen LogP contribution in [0.5, 0.6) is 5.75 Å². The number of amides is 1. The van der Waals surface area contributed by atoms with Gasteiger partial charge in [0.25, 0.3) is 0 Å². The fourth-order valence-corrected chi connectivity index (χ4v) is 3.85. The average molecular weight is 410 g/mol. The highest BCUT2D eigenvalue weighted by atomic mass is 79.9. The highest BCUT2D eigenvalue weighted by molar-refractivity contribution is 9.09. The Morgan fingerprint density at radius 2 is 1.92 bits per heavy atom. The van der Waals surface area contributed by atoms with Crippen molar-refractivity contribution in [3.63, 3.8) is 0 Å². The van der Waals surface area contributed by atoms with E-state index in [-0.39, 0.29) is 16.9 Å². The fraction of sp³-hybridized carbons (Fsp3) is 0.667. The minimum atomic E-state index is -0.384. The maximum absolute atomic E-state index is 12.9. The summed E-state index contributed by atoms with van der Waals surface area (Å²) in [5.74, 6) is 0.944. The van der Waals surface area contributed by atoms with Crippen LogP contribution in [0, 0.1) is 19.3 Å². The van der Waals surface area contributed by atoms with Crippen molar-refractivity contribution in [1.29, 1.82) is 0 Å². The van der Waals surface area contributed by atoms with Gasteiger partial charge in [-0.1, -0.05) is 48.7 Å². The lowest BCUT2D eigenvalue weighted by molar-refractivity contribution is -0.124. The molecule has 140 valence electrons. The van der Waals surface area contributed by atoms with Gasteiger partial charge < -0.3 is 10.1 Å². The Hall–Kier alpha value is -1.03. The number of anilines is 1. The number of ether oxygens (including phenoxy) is 1. The van der Waals surface area contributed by atoms with Gasteiger partial charge in [0.1, 0.15) is 11.4 Å². The predicted molar refractivity (Wildman–Crippen MR) is 109 cm³/mol. The zero-order valence-electron chi connectivity index (χ0n) is 16.5. The number of carbonyl (C=O) groups excluding carboxylic acids is 1. The summed E-state index contributed by atoms with van der Waals surface area (Å²) in [6.07, 6.45) is 5.16. The van der Waals surface area contributed by atoms with E-state index in [0.717, 1.165) is 54.4 Å². The molecule has 1 N–H and O–H groups in total. The molecule has 0 aromatic heterocycles. The molecule has 1 aliphatic heterocycles. The molecule has 3 nitrogen and oxygen atoms in total. The van der Waals surface area contributed by atoms with Gasteiger partial charge in [-0.05, 0) is 51.7 Å². The molecule has 1 amide bonds. The second-order valence-corrected chi connectivity index (χ2v) is 9.36. The fourth-order valence-electron chi connectivity index (χ4n) is 3.45. The second-order valence-electron chi connectivity index (χ2n) is 8.57. The smallest absolute Gasteiger partial charge is 0.230 e. The summed E-state index contributed by atoms with van der Waals surface area (Å²) in [6, 6.07) is 2.15. The van der Waals surface area contributed by atoms with Crippen LogP contribution in [0.1, 0.15) is 70.1 Å². The van der Waals surface area contributed by atoms with E-state index in [9.17, 15) is 4.79 Å². The van der Waals surface area contributed by atoms with Crippen molar-refractivity contribution in [2.75, 3.05) is 10.6 Å². The third kappa shape index (κ3) is 4.78. The summed E-state index contributed by atoms with van der Waals surface area (Å²) < 4.78 is 6.19. The minimum absolute atomic E-state index is 0.0776. The summed E-state index contributed by atoms with van der Waals surface area (Å²) in [6.45, 7) is 12.4. The Morgan fingerprint density at radius 3 is 2.56 bits per heavy atom. The lowest BCUT2D eigenvalue weighted by atomic mass is 9.85. The van der Waals surface area contributed by atoms with Crippen LogP contribution in [0.15, 0.2) is 6.07 Å². The number of carbonyl (C=O) groups is 1. The lowest BCUT2D eigenvalue weighted by Crippen LogP contribution is -2.31. The molecular weight excluding hydrogens is 378 g/mol. The van der Waals surface area contributed by atoms with Gasteiger partial charge in [-0.2, -0.15) is 0 Å². The molecular formula is C21H32BrNO2. The number of nitrogens with one attached hydrogen (secondary N) is 1. The molecule has 0 bridgehead atoms. The zero-order valence-corrected chi connectivity index (χ0v) is 18.1. The Labute approximate surface area is 161 Å². The largest absolute Gasteiger partial charge is 0.485 e.